The van der Waals surface area contributed by atoms with E-state index in [9.17, 15) is 9.18 Å². The lowest BCUT2D eigenvalue weighted by molar-refractivity contribution is 0.0697. The summed E-state index contributed by atoms with van der Waals surface area (Å²) < 4.78 is 13.7. The molecule has 0 aliphatic heterocycles. The van der Waals surface area contributed by atoms with Gasteiger partial charge < -0.3 is 5.11 Å². The molecule has 0 aliphatic rings. The van der Waals surface area contributed by atoms with Crippen molar-refractivity contribution in [2.24, 2.45) is 0 Å². The van der Waals surface area contributed by atoms with Gasteiger partial charge in [0.2, 0.25) is 0 Å². The van der Waals surface area contributed by atoms with E-state index in [2.05, 4.69) is 4.98 Å². The van der Waals surface area contributed by atoms with Crippen molar-refractivity contribution in [2.45, 2.75) is 0 Å². The van der Waals surface area contributed by atoms with Gasteiger partial charge in [-0.15, -0.1) is 11.3 Å². The van der Waals surface area contributed by atoms with Crippen molar-refractivity contribution in [3.05, 3.63) is 65.3 Å². The molecule has 3 nitrogen and oxygen atoms in total. The van der Waals surface area contributed by atoms with Gasteiger partial charge in [0, 0.05) is 16.5 Å². The minimum absolute atomic E-state index is 0.227. The molecule has 21 heavy (non-hydrogen) atoms. The quantitative estimate of drug-likeness (QED) is 0.783. The highest BCUT2D eigenvalue weighted by atomic mass is 32.1. The predicted octanol–water partition coefficient (Wildman–Crippen LogP) is 4.31. The highest BCUT2D eigenvalue weighted by molar-refractivity contribution is 7.13. The first-order valence-electron chi connectivity index (χ1n) is 6.19. The fraction of sp³-hybridized carbons (Fsp3) is 0. The Hall–Kier alpha value is -2.53. The Morgan fingerprint density at radius 2 is 1.81 bits per heavy atom. The van der Waals surface area contributed by atoms with Crippen LogP contribution in [-0.4, -0.2) is 16.1 Å². The summed E-state index contributed by atoms with van der Waals surface area (Å²) in [6, 6.07) is 12.9. The number of aromatic carboxylic acids is 1. The number of aromatic nitrogens is 1. The highest BCUT2D eigenvalue weighted by Crippen LogP contribution is 2.30. The molecule has 0 atom stereocenters. The number of carbonyl (C=O) groups is 1. The van der Waals surface area contributed by atoms with E-state index in [4.69, 9.17) is 5.11 Å². The molecule has 0 unspecified atom stereocenters. The fourth-order valence-electron chi connectivity index (χ4n) is 1.95. The summed E-state index contributed by atoms with van der Waals surface area (Å²) in [5.41, 5.74) is 2.08. The standard InChI is InChI=1S/C16H10FNO2S/c17-13-4-2-1-3-12(13)14-9-21-15(18-14)10-5-7-11(8-6-10)16(19)20/h1-9H,(H,19,20). The Kier molecular flexibility index (Phi) is 3.50. The van der Waals surface area contributed by atoms with Crippen LogP contribution in [0.3, 0.4) is 0 Å². The summed E-state index contributed by atoms with van der Waals surface area (Å²) in [4.78, 5) is 15.2. The van der Waals surface area contributed by atoms with E-state index in [1.54, 1.807) is 35.7 Å². The van der Waals surface area contributed by atoms with Crippen LogP contribution >= 0.6 is 11.3 Å². The number of hydrogen-bond acceptors (Lipinski definition) is 3. The first kappa shape index (κ1) is 13.5. The van der Waals surface area contributed by atoms with Crippen LogP contribution in [0.25, 0.3) is 21.8 Å². The largest absolute Gasteiger partial charge is 0.478 e. The number of carboxylic acids is 1. The summed E-state index contributed by atoms with van der Waals surface area (Å²) in [5, 5.41) is 11.4. The topological polar surface area (TPSA) is 50.2 Å². The minimum Gasteiger partial charge on any atom is -0.478 e. The first-order valence-corrected chi connectivity index (χ1v) is 7.07. The van der Waals surface area contributed by atoms with Crippen LogP contribution in [0.4, 0.5) is 4.39 Å². The lowest BCUT2D eigenvalue weighted by Crippen LogP contribution is -1.94. The van der Waals surface area contributed by atoms with Gasteiger partial charge in [-0.2, -0.15) is 0 Å². The minimum atomic E-state index is -0.965. The number of halogens is 1. The molecule has 0 radical (unpaired) electrons. The second-order valence-electron chi connectivity index (χ2n) is 4.40. The van der Waals surface area contributed by atoms with Gasteiger partial charge in [-0.3, -0.25) is 0 Å². The summed E-state index contributed by atoms with van der Waals surface area (Å²) in [6.45, 7) is 0. The molecule has 1 N–H and O–H groups in total. The molecule has 0 saturated carbocycles. The van der Waals surface area contributed by atoms with E-state index < -0.39 is 5.97 Å². The van der Waals surface area contributed by atoms with Gasteiger partial charge in [-0.05, 0) is 24.3 Å². The zero-order chi connectivity index (χ0) is 14.8. The molecule has 3 aromatic rings. The summed E-state index contributed by atoms with van der Waals surface area (Å²) in [7, 11) is 0. The highest BCUT2D eigenvalue weighted by Gasteiger charge is 2.10. The molecule has 3 rings (SSSR count). The third-order valence-electron chi connectivity index (χ3n) is 3.03. The molecule has 0 saturated heterocycles. The van der Waals surface area contributed by atoms with Crippen molar-refractivity contribution < 1.29 is 14.3 Å². The van der Waals surface area contributed by atoms with Crippen LogP contribution < -0.4 is 0 Å². The predicted molar refractivity (Wildman–Crippen MR) is 79.9 cm³/mol. The molecule has 0 aliphatic carbocycles. The monoisotopic (exact) mass is 299 g/mol. The molecule has 5 heteroatoms. The van der Waals surface area contributed by atoms with E-state index in [0.29, 0.717) is 11.3 Å². The van der Waals surface area contributed by atoms with E-state index in [1.807, 2.05) is 0 Å². The fourth-order valence-corrected chi connectivity index (χ4v) is 2.78. The van der Waals surface area contributed by atoms with Crippen LogP contribution in [0.1, 0.15) is 10.4 Å². The van der Waals surface area contributed by atoms with Crippen LogP contribution in [0.15, 0.2) is 53.9 Å². The number of carboxylic acid groups (broad SMARTS) is 1. The molecule has 0 bridgehead atoms. The van der Waals surface area contributed by atoms with Crippen molar-refractivity contribution in [2.75, 3.05) is 0 Å². The maximum Gasteiger partial charge on any atom is 0.335 e. The van der Waals surface area contributed by atoms with Gasteiger partial charge in [-0.1, -0.05) is 24.3 Å². The van der Waals surface area contributed by atoms with Crippen molar-refractivity contribution in [3.8, 4) is 21.8 Å². The molecular formula is C16H10FNO2S. The molecule has 0 spiro atoms. The maximum atomic E-state index is 13.7. The van der Waals surface area contributed by atoms with Crippen molar-refractivity contribution in [3.63, 3.8) is 0 Å². The molecule has 0 fully saturated rings. The van der Waals surface area contributed by atoms with Gasteiger partial charge in [0.1, 0.15) is 10.8 Å². The Morgan fingerprint density at radius 1 is 1.10 bits per heavy atom. The van der Waals surface area contributed by atoms with E-state index >= 15 is 0 Å². The summed E-state index contributed by atoms with van der Waals surface area (Å²) in [6.07, 6.45) is 0. The van der Waals surface area contributed by atoms with E-state index in [-0.39, 0.29) is 11.4 Å². The van der Waals surface area contributed by atoms with Gasteiger partial charge in [0.25, 0.3) is 0 Å². The second kappa shape index (κ2) is 5.46. The average molecular weight is 299 g/mol. The lowest BCUT2D eigenvalue weighted by atomic mass is 10.1. The van der Waals surface area contributed by atoms with Gasteiger partial charge >= 0.3 is 5.97 Å². The molecule has 1 heterocycles. The third-order valence-corrected chi connectivity index (χ3v) is 3.92. The molecule has 1 aromatic heterocycles. The maximum absolute atomic E-state index is 13.7. The number of thiazole rings is 1. The smallest absolute Gasteiger partial charge is 0.335 e. The Bertz CT molecular complexity index is 796. The number of hydrogen-bond donors (Lipinski definition) is 1. The SMILES string of the molecule is O=C(O)c1ccc(-c2nc(-c3ccccc3F)cs2)cc1. The Balaban J connectivity index is 1.95. The van der Waals surface area contributed by atoms with Gasteiger partial charge in [0.05, 0.1) is 11.3 Å². The molecule has 0 amide bonds. The van der Waals surface area contributed by atoms with Crippen molar-refractivity contribution in [1.29, 1.82) is 0 Å². The van der Waals surface area contributed by atoms with Crippen LogP contribution in [0, 0.1) is 5.82 Å². The Labute approximate surface area is 124 Å². The number of benzene rings is 2. The molecule has 104 valence electrons. The third kappa shape index (κ3) is 2.68. The first-order chi connectivity index (χ1) is 10.1. The van der Waals surface area contributed by atoms with E-state index in [1.165, 1.54) is 29.5 Å². The number of nitrogens with zero attached hydrogens (tertiary/aromatic N) is 1. The van der Waals surface area contributed by atoms with Crippen LogP contribution in [0.2, 0.25) is 0 Å². The Morgan fingerprint density at radius 3 is 2.48 bits per heavy atom. The zero-order valence-electron chi connectivity index (χ0n) is 10.8. The summed E-state index contributed by atoms with van der Waals surface area (Å²) >= 11 is 1.40. The normalized spacial score (nSPS) is 10.5. The molecule has 2 aromatic carbocycles. The molecular weight excluding hydrogens is 289 g/mol. The average Bonchev–Trinajstić information content (AvgIpc) is 2.97. The van der Waals surface area contributed by atoms with Crippen LogP contribution in [-0.2, 0) is 0 Å². The number of rotatable bonds is 3. The van der Waals surface area contributed by atoms with Gasteiger partial charge in [-0.25, -0.2) is 14.2 Å². The van der Waals surface area contributed by atoms with Crippen molar-refractivity contribution >= 4 is 17.3 Å². The van der Waals surface area contributed by atoms with Crippen LogP contribution in [0.5, 0.6) is 0 Å². The van der Waals surface area contributed by atoms with Gasteiger partial charge in [0.15, 0.2) is 0 Å². The summed E-state index contributed by atoms with van der Waals surface area (Å²) in [5.74, 6) is -1.27. The zero-order valence-corrected chi connectivity index (χ0v) is 11.6. The van der Waals surface area contributed by atoms with Crippen molar-refractivity contribution in [1.82, 2.24) is 4.98 Å². The lowest BCUT2D eigenvalue weighted by Gasteiger charge is -1.99. The van der Waals surface area contributed by atoms with E-state index in [0.717, 1.165) is 10.6 Å². The second-order valence-corrected chi connectivity index (χ2v) is 5.26.